The van der Waals surface area contributed by atoms with E-state index in [9.17, 15) is 9.60 Å². The van der Waals surface area contributed by atoms with E-state index in [1.54, 1.807) is 12.3 Å². The molecule has 26 heavy (non-hydrogen) atoms. The average Bonchev–Trinajstić information content (AvgIpc) is 2.67. The number of aliphatic imine (C=N–C) groups is 1. The molecule has 0 saturated carbocycles. The van der Waals surface area contributed by atoms with E-state index in [-0.39, 0.29) is 5.82 Å². The highest BCUT2D eigenvalue weighted by Gasteiger charge is 2.22. The van der Waals surface area contributed by atoms with Crippen LogP contribution in [0.5, 0.6) is 0 Å². The van der Waals surface area contributed by atoms with Gasteiger partial charge < -0.3 is 9.80 Å². The Hall–Kier alpha value is -2.67. The molecule has 0 aliphatic carbocycles. The first-order valence-corrected chi connectivity index (χ1v) is 8.77. The molecule has 0 amide bonds. The van der Waals surface area contributed by atoms with Crippen LogP contribution in [0.25, 0.3) is 0 Å². The SMILES string of the molecule is CC(C)c1ccc(N=C(NO)N2CCN(c3ncccc3F)CC2)cc1. The van der Waals surface area contributed by atoms with Crippen molar-refractivity contribution in [1.82, 2.24) is 15.4 Å². The van der Waals surface area contributed by atoms with Crippen molar-refractivity contribution in [3.05, 3.63) is 54.0 Å². The van der Waals surface area contributed by atoms with Crippen LogP contribution in [0.4, 0.5) is 15.9 Å². The van der Waals surface area contributed by atoms with E-state index in [1.165, 1.54) is 11.6 Å². The Morgan fingerprint density at radius 2 is 1.85 bits per heavy atom. The van der Waals surface area contributed by atoms with Gasteiger partial charge in [0.2, 0.25) is 5.96 Å². The van der Waals surface area contributed by atoms with Crippen LogP contribution in [-0.2, 0) is 0 Å². The Morgan fingerprint density at radius 3 is 2.42 bits per heavy atom. The number of anilines is 1. The van der Waals surface area contributed by atoms with Crippen molar-refractivity contribution in [2.45, 2.75) is 19.8 Å². The number of piperazine rings is 1. The summed E-state index contributed by atoms with van der Waals surface area (Å²) in [7, 11) is 0. The summed E-state index contributed by atoms with van der Waals surface area (Å²) >= 11 is 0. The fourth-order valence-corrected chi connectivity index (χ4v) is 2.96. The van der Waals surface area contributed by atoms with Gasteiger partial charge in [0, 0.05) is 32.4 Å². The van der Waals surface area contributed by atoms with Gasteiger partial charge >= 0.3 is 0 Å². The van der Waals surface area contributed by atoms with Crippen LogP contribution in [0.15, 0.2) is 47.6 Å². The minimum absolute atomic E-state index is 0.319. The Kier molecular flexibility index (Phi) is 5.68. The van der Waals surface area contributed by atoms with Crippen molar-refractivity contribution in [1.29, 1.82) is 0 Å². The van der Waals surface area contributed by atoms with Gasteiger partial charge in [0.05, 0.1) is 5.69 Å². The van der Waals surface area contributed by atoms with Crippen LogP contribution < -0.4 is 10.4 Å². The first kappa shape index (κ1) is 18.1. The second kappa shape index (κ2) is 8.14. The Balaban J connectivity index is 1.67. The van der Waals surface area contributed by atoms with E-state index in [0.717, 1.165) is 5.69 Å². The lowest BCUT2D eigenvalue weighted by molar-refractivity contribution is 0.207. The molecule has 7 heteroatoms. The van der Waals surface area contributed by atoms with Crippen molar-refractivity contribution >= 4 is 17.5 Å². The van der Waals surface area contributed by atoms with Crippen molar-refractivity contribution in [3.8, 4) is 0 Å². The van der Waals surface area contributed by atoms with Gasteiger partial charge in [-0.2, -0.15) is 0 Å². The molecule has 0 bridgehead atoms. The molecule has 0 spiro atoms. The minimum atomic E-state index is -0.319. The van der Waals surface area contributed by atoms with E-state index >= 15 is 0 Å². The Labute approximate surface area is 153 Å². The highest BCUT2D eigenvalue weighted by Crippen LogP contribution is 2.20. The number of hydroxylamine groups is 1. The molecule has 2 aromatic rings. The number of guanidine groups is 1. The largest absolute Gasteiger partial charge is 0.351 e. The van der Waals surface area contributed by atoms with Crippen molar-refractivity contribution in [2.24, 2.45) is 4.99 Å². The average molecular weight is 357 g/mol. The number of halogens is 1. The maximum absolute atomic E-state index is 13.9. The second-order valence-electron chi connectivity index (χ2n) is 6.58. The molecule has 0 radical (unpaired) electrons. The van der Waals surface area contributed by atoms with Crippen molar-refractivity contribution in [3.63, 3.8) is 0 Å². The zero-order valence-electron chi connectivity index (χ0n) is 15.1. The summed E-state index contributed by atoms with van der Waals surface area (Å²) in [6.45, 7) is 6.69. The number of hydrogen-bond acceptors (Lipinski definition) is 4. The predicted molar refractivity (Wildman–Crippen MR) is 101 cm³/mol. The topological polar surface area (TPSA) is 64.0 Å². The highest BCUT2D eigenvalue weighted by molar-refractivity contribution is 5.82. The lowest BCUT2D eigenvalue weighted by Gasteiger charge is -2.36. The summed E-state index contributed by atoms with van der Waals surface area (Å²) in [5.74, 6) is 0.902. The summed E-state index contributed by atoms with van der Waals surface area (Å²) in [5.41, 5.74) is 4.20. The van der Waals surface area contributed by atoms with Gasteiger partial charge in [-0.1, -0.05) is 26.0 Å². The molecule has 2 heterocycles. The van der Waals surface area contributed by atoms with E-state index < -0.39 is 0 Å². The highest BCUT2D eigenvalue weighted by atomic mass is 19.1. The standard InChI is InChI=1S/C19H24FN5O/c1-14(2)15-5-7-16(8-6-15)22-19(23-26)25-12-10-24(11-13-25)18-17(20)4-3-9-21-18/h3-9,14,26H,10-13H2,1-2H3,(H,22,23). The summed E-state index contributed by atoms with van der Waals surface area (Å²) in [4.78, 5) is 12.4. The van der Waals surface area contributed by atoms with Crippen LogP contribution in [-0.4, -0.2) is 47.2 Å². The van der Waals surface area contributed by atoms with Crippen molar-refractivity contribution < 1.29 is 9.60 Å². The lowest BCUT2D eigenvalue weighted by atomic mass is 10.0. The van der Waals surface area contributed by atoms with Crippen molar-refractivity contribution in [2.75, 3.05) is 31.1 Å². The molecule has 1 aromatic carbocycles. The van der Waals surface area contributed by atoms with Gasteiger partial charge in [-0.15, -0.1) is 0 Å². The molecule has 1 aliphatic heterocycles. The monoisotopic (exact) mass is 357 g/mol. The van der Waals surface area contributed by atoms with Gasteiger partial charge in [-0.25, -0.2) is 19.8 Å². The summed E-state index contributed by atoms with van der Waals surface area (Å²) in [6.07, 6.45) is 1.59. The molecule has 1 aliphatic rings. The van der Waals surface area contributed by atoms with Gasteiger partial charge in [0.25, 0.3) is 0 Å². The van der Waals surface area contributed by atoms with Gasteiger partial charge in [-0.3, -0.25) is 5.21 Å². The molecule has 0 unspecified atom stereocenters. The first-order valence-electron chi connectivity index (χ1n) is 8.77. The van der Waals surface area contributed by atoms with E-state index in [2.05, 4.69) is 29.3 Å². The number of pyridine rings is 1. The Morgan fingerprint density at radius 1 is 1.15 bits per heavy atom. The Bertz CT molecular complexity index is 755. The summed E-state index contributed by atoms with van der Waals surface area (Å²) in [6, 6.07) is 11.0. The second-order valence-corrected chi connectivity index (χ2v) is 6.58. The predicted octanol–water partition coefficient (Wildman–Crippen LogP) is 3.13. The molecule has 1 saturated heterocycles. The number of nitrogens with one attached hydrogen (secondary N) is 1. The zero-order valence-corrected chi connectivity index (χ0v) is 15.1. The van der Waals surface area contributed by atoms with E-state index in [0.29, 0.717) is 43.9 Å². The normalized spacial score (nSPS) is 15.5. The first-order chi connectivity index (χ1) is 12.6. The third-order valence-electron chi connectivity index (χ3n) is 4.51. The van der Waals surface area contributed by atoms with Crippen LogP contribution >= 0.6 is 0 Å². The number of aromatic nitrogens is 1. The van der Waals surface area contributed by atoms with Gasteiger partial charge in [-0.05, 0) is 35.7 Å². The van der Waals surface area contributed by atoms with E-state index in [4.69, 9.17) is 0 Å². The third kappa shape index (κ3) is 4.11. The molecule has 6 nitrogen and oxygen atoms in total. The molecule has 3 rings (SSSR count). The van der Waals surface area contributed by atoms with Crippen LogP contribution in [0, 0.1) is 5.82 Å². The summed E-state index contributed by atoms with van der Waals surface area (Å²) in [5, 5.41) is 9.50. The fraction of sp³-hybridized carbons (Fsp3) is 0.368. The molecule has 0 atom stereocenters. The number of hydrogen-bond donors (Lipinski definition) is 2. The molecule has 1 aromatic heterocycles. The molecule has 138 valence electrons. The minimum Gasteiger partial charge on any atom is -0.351 e. The molecular weight excluding hydrogens is 333 g/mol. The lowest BCUT2D eigenvalue weighted by Crippen LogP contribution is -2.52. The fourth-order valence-electron chi connectivity index (χ4n) is 2.96. The van der Waals surface area contributed by atoms with Crippen LogP contribution in [0.3, 0.4) is 0 Å². The van der Waals surface area contributed by atoms with Gasteiger partial charge in [0.1, 0.15) is 0 Å². The van der Waals surface area contributed by atoms with Gasteiger partial charge in [0.15, 0.2) is 11.6 Å². The smallest absolute Gasteiger partial charge is 0.223 e. The summed E-state index contributed by atoms with van der Waals surface area (Å²) < 4.78 is 13.9. The maximum Gasteiger partial charge on any atom is 0.223 e. The zero-order chi connectivity index (χ0) is 18.5. The van der Waals surface area contributed by atoms with E-state index in [1.807, 2.05) is 34.1 Å². The van der Waals surface area contributed by atoms with Crippen LogP contribution in [0.1, 0.15) is 25.3 Å². The maximum atomic E-state index is 13.9. The molecule has 1 fully saturated rings. The third-order valence-corrected chi connectivity index (χ3v) is 4.51. The van der Waals surface area contributed by atoms with Crippen LogP contribution in [0.2, 0.25) is 0 Å². The number of benzene rings is 1. The molecule has 2 N–H and O–H groups in total. The number of rotatable bonds is 3. The number of nitrogens with zero attached hydrogens (tertiary/aromatic N) is 4. The molecular formula is C19H24FN5O. The quantitative estimate of drug-likeness (QED) is 0.502.